The Labute approximate surface area is 181 Å². The summed E-state index contributed by atoms with van der Waals surface area (Å²) in [6, 6.07) is 21.1. The fraction of sp³-hybridized carbons (Fsp3) is 0.0435. The molecule has 0 aliphatic rings. The minimum Gasteiger partial charge on any atom is -0.489 e. The number of anilines is 1. The van der Waals surface area contributed by atoms with E-state index in [1.54, 1.807) is 18.2 Å². The lowest BCUT2D eigenvalue weighted by atomic mass is 10.1. The second-order valence-corrected chi connectivity index (χ2v) is 7.35. The van der Waals surface area contributed by atoms with Crippen LogP contribution in [0.25, 0.3) is 11.0 Å². The second kappa shape index (κ2) is 8.61. The van der Waals surface area contributed by atoms with Crippen LogP contribution in [0.1, 0.15) is 15.9 Å². The van der Waals surface area contributed by atoms with Crippen molar-refractivity contribution in [3.63, 3.8) is 0 Å². The number of hydrogen-bond donors (Lipinski definition) is 1. The van der Waals surface area contributed by atoms with Crippen molar-refractivity contribution in [1.29, 1.82) is 0 Å². The number of hydrogen-bond acceptors (Lipinski definition) is 4. The van der Waals surface area contributed by atoms with Crippen molar-refractivity contribution in [3.8, 4) is 5.75 Å². The first kappa shape index (κ1) is 20.0. The average Bonchev–Trinajstić information content (AvgIpc) is 2.74. The molecule has 3 aromatic carbocycles. The zero-order valence-electron chi connectivity index (χ0n) is 15.5. The maximum Gasteiger partial charge on any atom is 0.349 e. The van der Waals surface area contributed by atoms with E-state index in [0.717, 1.165) is 11.3 Å². The lowest BCUT2D eigenvalue weighted by Gasteiger charge is -2.08. The van der Waals surface area contributed by atoms with Crippen LogP contribution < -0.4 is 15.7 Å². The summed E-state index contributed by atoms with van der Waals surface area (Å²) in [5, 5.41) is 3.73. The molecule has 5 nitrogen and oxygen atoms in total. The first-order valence-electron chi connectivity index (χ1n) is 9.00. The molecule has 0 radical (unpaired) electrons. The highest BCUT2D eigenvalue weighted by Crippen LogP contribution is 2.27. The molecule has 0 aliphatic carbocycles. The van der Waals surface area contributed by atoms with Crippen LogP contribution in [-0.2, 0) is 6.61 Å². The van der Waals surface area contributed by atoms with Gasteiger partial charge in [0.1, 0.15) is 17.9 Å². The molecule has 0 bridgehead atoms. The number of ether oxygens (including phenoxy) is 1. The summed E-state index contributed by atoms with van der Waals surface area (Å²) in [6.45, 7) is 0.397. The predicted molar refractivity (Wildman–Crippen MR) is 118 cm³/mol. The molecule has 0 saturated carbocycles. The fourth-order valence-corrected chi connectivity index (χ4v) is 3.43. The molecular formula is C23H15Cl2NO4. The largest absolute Gasteiger partial charge is 0.489 e. The molecule has 1 N–H and O–H groups in total. The molecule has 1 heterocycles. The number of nitrogens with one attached hydrogen (secondary N) is 1. The van der Waals surface area contributed by atoms with E-state index in [-0.39, 0.29) is 16.2 Å². The average molecular weight is 440 g/mol. The van der Waals surface area contributed by atoms with Crippen molar-refractivity contribution in [3.05, 3.63) is 104 Å². The summed E-state index contributed by atoms with van der Waals surface area (Å²) in [6.07, 6.45) is 0. The first-order chi connectivity index (χ1) is 14.5. The van der Waals surface area contributed by atoms with Gasteiger partial charge in [0.05, 0.1) is 5.02 Å². The Kier molecular flexibility index (Phi) is 5.74. The highest BCUT2D eigenvalue weighted by molar-refractivity contribution is 6.38. The predicted octanol–water partition coefficient (Wildman–Crippen LogP) is 5.93. The number of halogens is 2. The maximum atomic E-state index is 12.6. The van der Waals surface area contributed by atoms with E-state index < -0.39 is 11.5 Å². The van der Waals surface area contributed by atoms with Gasteiger partial charge in [-0.05, 0) is 48.0 Å². The van der Waals surface area contributed by atoms with Crippen molar-refractivity contribution in [1.82, 2.24) is 0 Å². The highest BCUT2D eigenvalue weighted by atomic mass is 35.5. The molecule has 0 saturated heterocycles. The van der Waals surface area contributed by atoms with E-state index in [0.29, 0.717) is 22.7 Å². The van der Waals surface area contributed by atoms with Gasteiger partial charge in [0, 0.05) is 16.1 Å². The van der Waals surface area contributed by atoms with Crippen LogP contribution in [0.3, 0.4) is 0 Å². The lowest BCUT2D eigenvalue weighted by molar-refractivity contribution is 0.102. The standard InChI is InChI=1S/C23H15Cl2NO4/c24-16-10-15-11-19(23(28)30-21(15)20(25)12-16)22(27)26-17-8-6-14(7-9-17)13-29-18-4-2-1-3-5-18/h1-12H,13H2,(H,26,27). The summed E-state index contributed by atoms with van der Waals surface area (Å²) in [4.78, 5) is 24.8. The van der Waals surface area contributed by atoms with Gasteiger partial charge < -0.3 is 14.5 Å². The Morgan fingerprint density at radius 2 is 1.70 bits per heavy atom. The number of rotatable bonds is 5. The van der Waals surface area contributed by atoms with Gasteiger partial charge in [-0.2, -0.15) is 0 Å². The molecule has 150 valence electrons. The van der Waals surface area contributed by atoms with E-state index in [1.165, 1.54) is 12.1 Å². The Morgan fingerprint density at radius 1 is 0.967 bits per heavy atom. The molecule has 0 spiro atoms. The third-order valence-electron chi connectivity index (χ3n) is 4.36. The van der Waals surface area contributed by atoms with E-state index in [9.17, 15) is 9.59 Å². The van der Waals surface area contributed by atoms with Crippen LogP contribution >= 0.6 is 23.2 Å². The number of benzene rings is 3. The van der Waals surface area contributed by atoms with Crippen LogP contribution in [0.15, 0.2) is 82.0 Å². The SMILES string of the molecule is O=C(Nc1ccc(COc2ccccc2)cc1)c1cc2cc(Cl)cc(Cl)c2oc1=O. The van der Waals surface area contributed by atoms with E-state index >= 15 is 0 Å². The Hall–Kier alpha value is -3.28. The quantitative estimate of drug-likeness (QED) is 0.391. The normalized spacial score (nSPS) is 10.7. The minimum absolute atomic E-state index is 0.141. The number of carbonyl (C=O) groups is 1. The van der Waals surface area contributed by atoms with Crippen LogP contribution in [-0.4, -0.2) is 5.91 Å². The molecule has 0 atom stereocenters. The van der Waals surface area contributed by atoms with Crippen LogP contribution in [0.4, 0.5) is 5.69 Å². The summed E-state index contributed by atoms with van der Waals surface area (Å²) >= 11 is 12.0. The third-order valence-corrected chi connectivity index (χ3v) is 4.86. The van der Waals surface area contributed by atoms with Gasteiger partial charge >= 0.3 is 5.63 Å². The smallest absolute Gasteiger partial charge is 0.349 e. The molecule has 4 aromatic rings. The molecule has 7 heteroatoms. The lowest BCUT2D eigenvalue weighted by Crippen LogP contribution is -2.20. The zero-order valence-corrected chi connectivity index (χ0v) is 17.0. The van der Waals surface area contributed by atoms with Crippen molar-refractivity contribution in [2.75, 3.05) is 5.32 Å². The Bertz CT molecular complexity index is 1270. The van der Waals surface area contributed by atoms with Gasteiger partial charge in [-0.3, -0.25) is 4.79 Å². The number of para-hydroxylation sites is 1. The van der Waals surface area contributed by atoms with Crippen molar-refractivity contribution < 1.29 is 13.9 Å². The number of carbonyl (C=O) groups excluding carboxylic acids is 1. The van der Waals surface area contributed by atoms with Gasteiger partial charge in [-0.1, -0.05) is 53.5 Å². The van der Waals surface area contributed by atoms with Crippen LogP contribution in [0.2, 0.25) is 10.0 Å². The molecule has 0 unspecified atom stereocenters. The van der Waals surface area contributed by atoms with Gasteiger partial charge in [-0.25, -0.2) is 4.79 Å². The Morgan fingerprint density at radius 3 is 2.43 bits per heavy atom. The second-order valence-electron chi connectivity index (χ2n) is 6.51. The summed E-state index contributed by atoms with van der Waals surface area (Å²) in [5.74, 6) is 0.188. The molecule has 0 aliphatic heterocycles. The first-order valence-corrected chi connectivity index (χ1v) is 9.76. The van der Waals surface area contributed by atoms with Crippen molar-refractivity contribution in [2.45, 2.75) is 6.61 Å². The number of amides is 1. The van der Waals surface area contributed by atoms with E-state index in [2.05, 4.69) is 5.32 Å². The Balaban J connectivity index is 1.48. The minimum atomic E-state index is -0.780. The summed E-state index contributed by atoms with van der Waals surface area (Å²) in [7, 11) is 0. The van der Waals surface area contributed by atoms with E-state index in [1.807, 2.05) is 42.5 Å². The topological polar surface area (TPSA) is 68.5 Å². The van der Waals surface area contributed by atoms with Crippen LogP contribution in [0, 0.1) is 0 Å². The number of fused-ring (bicyclic) bond motifs is 1. The van der Waals surface area contributed by atoms with Gasteiger partial charge in [0.15, 0.2) is 5.58 Å². The van der Waals surface area contributed by atoms with Gasteiger partial charge in [-0.15, -0.1) is 0 Å². The molecule has 1 aromatic heterocycles. The summed E-state index contributed by atoms with van der Waals surface area (Å²) < 4.78 is 10.9. The molecule has 4 rings (SSSR count). The highest BCUT2D eigenvalue weighted by Gasteiger charge is 2.16. The maximum absolute atomic E-state index is 12.6. The van der Waals surface area contributed by atoms with Gasteiger partial charge in [0.2, 0.25) is 0 Å². The zero-order chi connectivity index (χ0) is 21.1. The fourth-order valence-electron chi connectivity index (χ4n) is 2.88. The van der Waals surface area contributed by atoms with Crippen molar-refractivity contribution in [2.24, 2.45) is 0 Å². The van der Waals surface area contributed by atoms with E-state index in [4.69, 9.17) is 32.4 Å². The molecule has 1 amide bonds. The molecule has 30 heavy (non-hydrogen) atoms. The summed E-state index contributed by atoms with van der Waals surface area (Å²) in [5.41, 5.74) is 0.734. The monoisotopic (exact) mass is 439 g/mol. The van der Waals surface area contributed by atoms with Gasteiger partial charge in [0.25, 0.3) is 5.91 Å². The van der Waals surface area contributed by atoms with Crippen LogP contribution in [0.5, 0.6) is 5.75 Å². The molecular weight excluding hydrogens is 425 g/mol. The third kappa shape index (κ3) is 4.48. The molecule has 0 fully saturated rings. The van der Waals surface area contributed by atoms with Crippen molar-refractivity contribution >= 4 is 45.8 Å².